The molecule has 194 valence electrons. The highest BCUT2D eigenvalue weighted by Gasteiger charge is 2.10. The quantitative estimate of drug-likeness (QED) is 0.164. The van der Waals surface area contributed by atoms with Crippen LogP contribution in [0, 0.1) is 0 Å². The minimum absolute atomic E-state index is 0.275. The van der Waals surface area contributed by atoms with E-state index in [0.717, 1.165) is 27.5 Å². The summed E-state index contributed by atoms with van der Waals surface area (Å²) in [6, 6.07) is 36.6. The van der Waals surface area contributed by atoms with Crippen molar-refractivity contribution in [2.24, 2.45) is 5.10 Å². The van der Waals surface area contributed by atoms with Crippen molar-refractivity contribution in [3.63, 3.8) is 0 Å². The molecule has 0 atom stereocenters. The molecule has 0 aliphatic carbocycles. The van der Waals surface area contributed by atoms with Gasteiger partial charge in [-0.3, -0.25) is 4.79 Å². The Balaban J connectivity index is 1.22. The van der Waals surface area contributed by atoms with Crippen molar-refractivity contribution >= 4 is 22.9 Å². The van der Waals surface area contributed by atoms with Crippen molar-refractivity contribution in [1.82, 2.24) is 5.43 Å². The summed E-state index contributed by atoms with van der Waals surface area (Å²) in [6.07, 6.45) is 1.58. The Morgan fingerprint density at radius 2 is 1.44 bits per heavy atom. The second-order valence-electron chi connectivity index (χ2n) is 8.81. The first-order valence-corrected chi connectivity index (χ1v) is 12.6. The summed E-state index contributed by atoms with van der Waals surface area (Å²) in [5, 5.41) is 6.06. The number of hydrogen-bond donors (Lipinski definition) is 1. The third-order valence-corrected chi connectivity index (χ3v) is 6.18. The topological polar surface area (TPSA) is 69.2 Å². The van der Waals surface area contributed by atoms with Gasteiger partial charge in [-0.25, -0.2) is 5.43 Å². The molecule has 1 N–H and O–H groups in total. The van der Waals surface area contributed by atoms with E-state index >= 15 is 0 Å². The van der Waals surface area contributed by atoms with Gasteiger partial charge in [0.05, 0.1) is 13.3 Å². The lowest BCUT2D eigenvalue weighted by atomic mass is 10.0. The largest absolute Gasteiger partial charge is 0.493 e. The smallest absolute Gasteiger partial charge is 0.271 e. The highest BCUT2D eigenvalue weighted by Crippen LogP contribution is 2.29. The highest BCUT2D eigenvalue weighted by molar-refractivity contribution is 6.07. The number of hydrazone groups is 1. The summed E-state index contributed by atoms with van der Waals surface area (Å²) < 4.78 is 17.6. The lowest BCUT2D eigenvalue weighted by Crippen LogP contribution is -2.18. The number of methoxy groups -OCH3 is 1. The summed E-state index contributed by atoms with van der Waals surface area (Å²) in [7, 11) is 1.62. The van der Waals surface area contributed by atoms with Crippen LogP contribution in [0.15, 0.2) is 120 Å². The van der Waals surface area contributed by atoms with E-state index in [1.807, 2.05) is 109 Å². The maximum atomic E-state index is 12.8. The van der Waals surface area contributed by atoms with E-state index in [1.165, 1.54) is 0 Å². The molecule has 0 radical (unpaired) electrons. The number of benzene rings is 5. The Morgan fingerprint density at radius 3 is 2.31 bits per heavy atom. The number of rotatable bonds is 10. The molecular weight excluding hydrogens is 488 g/mol. The third-order valence-electron chi connectivity index (χ3n) is 6.18. The SMILES string of the molecule is COc1cc(COc2ccccc2/C=N/NC(=O)c2cccc3ccccc23)ccc1OCc1ccccc1. The van der Waals surface area contributed by atoms with Crippen molar-refractivity contribution in [2.75, 3.05) is 7.11 Å². The second kappa shape index (κ2) is 12.4. The number of carbonyl (C=O) groups excluding carboxylic acids is 1. The number of fused-ring (bicyclic) bond motifs is 1. The molecular formula is C33H28N2O4. The number of amides is 1. The van der Waals surface area contributed by atoms with Crippen LogP contribution in [0.1, 0.15) is 27.0 Å². The number of ether oxygens (including phenoxy) is 3. The molecule has 6 nitrogen and oxygen atoms in total. The van der Waals surface area contributed by atoms with Crippen molar-refractivity contribution in [1.29, 1.82) is 0 Å². The van der Waals surface area contributed by atoms with Gasteiger partial charge in [-0.2, -0.15) is 5.10 Å². The molecule has 0 bridgehead atoms. The lowest BCUT2D eigenvalue weighted by Gasteiger charge is -2.13. The van der Waals surface area contributed by atoms with E-state index in [1.54, 1.807) is 19.4 Å². The molecule has 0 saturated heterocycles. The van der Waals surface area contributed by atoms with Crippen molar-refractivity contribution < 1.29 is 19.0 Å². The van der Waals surface area contributed by atoms with Crippen LogP contribution in [0.2, 0.25) is 0 Å². The Bertz CT molecular complexity index is 1590. The summed E-state index contributed by atoms with van der Waals surface area (Å²) in [4.78, 5) is 12.8. The predicted octanol–water partition coefficient (Wildman–Crippen LogP) is 6.77. The summed E-state index contributed by atoms with van der Waals surface area (Å²) >= 11 is 0. The molecule has 5 rings (SSSR count). The van der Waals surface area contributed by atoms with Crippen LogP contribution >= 0.6 is 0 Å². The molecule has 6 heteroatoms. The lowest BCUT2D eigenvalue weighted by molar-refractivity contribution is 0.0956. The Kier molecular flexibility index (Phi) is 8.14. The van der Waals surface area contributed by atoms with Crippen molar-refractivity contribution in [3.05, 3.63) is 138 Å². The molecule has 5 aromatic carbocycles. The Morgan fingerprint density at radius 1 is 0.718 bits per heavy atom. The van der Waals surface area contributed by atoms with Crippen LogP contribution in [0.3, 0.4) is 0 Å². The van der Waals surface area contributed by atoms with Gasteiger partial charge in [0, 0.05) is 11.1 Å². The number of para-hydroxylation sites is 1. The molecule has 0 spiro atoms. The van der Waals surface area contributed by atoms with Gasteiger partial charge in [-0.05, 0) is 52.2 Å². The van der Waals surface area contributed by atoms with Gasteiger partial charge < -0.3 is 14.2 Å². The fourth-order valence-corrected chi connectivity index (χ4v) is 4.18. The standard InChI is InChI=1S/C33H28N2O4/c1-37-32-20-25(18-19-31(32)39-22-24-10-3-2-4-11-24)23-38-30-17-8-6-13-27(30)21-34-35-33(36)29-16-9-14-26-12-5-7-15-28(26)29/h2-21H,22-23H2,1H3,(H,35,36)/b34-21+. The first kappa shape index (κ1) is 25.5. The van der Waals surface area contributed by atoms with Gasteiger partial charge in [-0.15, -0.1) is 0 Å². The maximum Gasteiger partial charge on any atom is 0.271 e. The summed E-state index contributed by atoms with van der Waals surface area (Å²) in [5.41, 5.74) is 5.95. The third kappa shape index (κ3) is 6.43. The van der Waals surface area contributed by atoms with Crippen LogP contribution in [-0.4, -0.2) is 19.2 Å². The number of carbonyl (C=O) groups is 1. The fraction of sp³-hybridized carbons (Fsp3) is 0.0909. The average molecular weight is 517 g/mol. The van der Waals surface area contributed by atoms with Gasteiger partial charge in [0.25, 0.3) is 5.91 Å². The van der Waals surface area contributed by atoms with E-state index in [9.17, 15) is 4.79 Å². The zero-order valence-corrected chi connectivity index (χ0v) is 21.5. The van der Waals surface area contributed by atoms with Gasteiger partial charge in [0.15, 0.2) is 11.5 Å². The van der Waals surface area contributed by atoms with Crippen LogP contribution in [0.4, 0.5) is 0 Å². The Hall–Kier alpha value is -5.10. The first-order valence-electron chi connectivity index (χ1n) is 12.6. The summed E-state index contributed by atoms with van der Waals surface area (Å²) in [6.45, 7) is 0.777. The van der Waals surface area contributed by atoms with E-state index in [0.29, 0.717) is 36.0 Å². The molecule has 1 amide bonds. The molecule has 5 aromatic rings. The number of nitrogens with zero attached hydrogens (tertiary/aromatic N) is 1. The van der Waals surface area contributed by atoms with Crippen LogP contribution in [-0.2, 0) is 13.2 Å². The fourth-order valence-electron chi connectivity index (χ4n) is 4.18. The van der Waals surface area contributed by atoms with Gasteiger partial charge >= 0.3 is 0 Å². The van der Waals surface area contributed by atoms with Gasteiger partial charge in [0.1, 0.15) is 19.0 Å². The van der Waals surface area contributed by atoms with E-state index < -0.39 is 0 Å². The zero-order chi connectivity index (χ0) is 26.9. The Labute approximate surface area is 227 Å². The van der Waals surface area contributed by atoms with Crippen LogP contribution in [0.25, 0.3) is 10.8 Å². The van der Waals surface area contributed by atoms with Crippen molar-refractivity contribution in [2.45, 2.75) is 13.2 Å². The molecule has 0 fully saturated rings. The minimum atomic E-state index is -0.275. The predicted molar refractivity (Wildman–Crippen MR) is 154 cm³/mol. The molecule has 0 saturated carbocycles. The highest BCUT2D eigenvalue weighted by atomic mass is 16.5. The normalized spacial score (nSPS) is 10.9. The van der Waals surface area contributed by atoms with Crippen LogP contribution in [0.5, 0.6) is 17.2 Å². The van der Waals surface area contributed by atoms with E-state index in [4.69, 9.17) is 14.2 Å². The monoisotopic (exact) mass is 516 g/mol. The molecule has 0 aliphatic rings. The van der Waals surface area contributed by atoms with Gasteiger partial charge in [-0.1, -0.05) is 84.9 Å². The number of hydrogen-bond acceptors (Lipinski definition) is 5. The van der Waals surface area contributed by atoms with Gasteiger partial charge in [0.2, 0.25) is 0 Å². The maximum absolute atomic E-state index is 12.8. The number of nitrogens with one attached hydrogen (secondary N) is 1. The van der Waals surface area contributed by atoms with E-state index in [-0.39, 0.29) is 5.91 Å². The molecule has 39 heavy (non-hydrogen) atoms. The molecule has 0 aliphatic heterocycles. The molecule has 0 heterocycles. The summed E-state index contributed by atoms with van der Waals surface area (Å²) in [5.74, 6) is 1.67. The average Bonchev–Trinajstić information content (AvgIpc) is 2.99. The molecule has 0 unspecified atom stereocenters. The van der Waals surface area contributed by atoms with Crippen LogP contribution < -0.4 is 19.6 Å². The first-order chi connectivity index (χ1) is 19.2. The molecule has 0 aromatic heterocycles. The van der Waals surface area contributed by atoms with E-state index in [2.05, 4.69) is 10.5 Å². The zero-order valence-electron chi connectivity index (χ0n) is 21.5. The van der Waals surface area contributed by atoms with Crippen molar-refractivity contribution in [3.8, 4) is 17.2 Å². The second-order valence-corrected chi connectivity index (χ2v) is 8.81. The minimum Gasteiger partial charge on any atom is -0.493 e.